The fourth-order valence-electron chi connectivity index (χ4n) is 2.09. The predicted octanol–water partition coefficient (Wildman–Crippen LogP) is 1.73. The summed E-state index contributed by atoms with van der Waals surface area (Å²) in [4.78, 5) is 0.282. The molecule has 100 valence electrons. The molecular weight excluding hydrogens is 264 g/mol. The fourth-order valence-corrected chi connectivity index (χ4v) is 3.14. The normalized spacial score (nSPS) is 14.1. The molecule has 2 N–H and O–H groups in total. The Kier molecular flexibility index (Phi) is 3.04. The molecule has 0 bridgehead atoms. The van der Waals surface area contributed by atoms with Crippen LogP contribution in [0, 0.1) is 0 Å². The van der Waals surface area contributed by atoms with E-state index in [1.165, 1.54) is 12.5 Å². The van der Waals surface area contributed by atoms with E-state index in [2.05, 4.69) is 10.0 Å². The number of anilines is 1. The summed E-state index contributed by atoms with van der Waals surface area (Å²) < 4.78 is 31.8. The summed E-state index contributed by atoms with van der Waals surface area (Å²) in [5, 5.41) is 3.18. The minimum atomic E-state index is -3.49. The zero-order chi connectivity index (χ0) is 13.3. The third-order valence-corrected chi connectivity index (χ3v) is 4.55. The van der Waals surface area contributed by atoms with Crippen LogP contribution in [0.5, 0.6) is 0 Å². The highest BCUT2D eigenvalue weighted by Gasteiger charge is 2.18. The molecule has 1 aromatic heterocycles. The average molecular weight is 278 g/mol. The third-order valence-electron chi connectivity index (χ3n) is 3.15. The van der Waals surface area contributed by atoms with Gasteiger partial charge in [0, 0.05) is 24.3 Å². The van der Waals surface area contributed by atoms with Crippen molar-refractivity contribution in [3.8, 4) is 0 Å². The molecule has 0 aliphatic carbocycles. The molecule has 0 fully saturated rings. The van der Waals surface area contributed by atoms with Gasteiger partial charge in [-0.1, -0.05) is 6.07 Å². The maximum Gasteiger partial charge on any atom is 0.240 e. The molecule has 0 atom stereocenters. The van der Waals surface area contributed by atoms with Gasteiger partial charge in [-0.2, -0.15) is 0 Å². The van der Waals surface area contributed by atoms with Crippen LogP contribution in [-0.4, -0.2) is 15.0 Å². The van der Waals surface area contributed by atoms with E-state index in [-0.39, 0.29) is 11.4 Å². The summed E-state index contributed by atoms with van der Waals surface area (Å²) in [7, 11) is -3.49. The van der Waals surface area contributed by atoms with Crippen LogP contribution >= 0.6 is 0 Å². The zero-order valence-electron chi connectivity index (χ0n) is 10.2. The lowest BCUT2D eigenvalue weighted by Crippen LogP contribution is -2.23. The Hall–Kier alpha value is -1.79. The molecule has 0 amide bonds. The lowest BCUT2D eigenvalue weighted by molar-refractivity contribution is 0.561. The lowest BCUT2D eigenvalue weighted by Gasteiger charge is -2.07. The van der Waals surface area contributed by atoms with Crippen molar-refractivity contribution in [2.45, 2.75) is 17.9 Å². The quantitative estimate of drug-likeness (QED) is 0.893. The molecule has 0 spiro atoms. The largest absolute Gasteiger partial charge is 0.472 e. The number of sulfonamides is 1. The van der Waals surface area contributed by atoms with Crippen LogP contribution in [0.4, 0.5) is 5.69 Å². The highest BCUT2D eigenvalue weighted by molar-refractivity contribution is 7.89. The number of nitrogens with one attached hydrogen (secondary N) is 2. The van der Waals surface area contributed by atoms with Gasteiger partial charge >= 0.3 is 0 Å². The van der Waals surface area contributed by atoms with Crippen LogP contribution in [0.15, 0.2) is 46.1 Å². The van der Waals surface area contributed by atoms with Crippen molar-refractivity contribution in [2.75, 3.05) is 11.9 Å². The molecule has 2 heterocycles. The van der Waals surface area contributed by atoms with Crippen molar-refractivity contribution in [1.29, 1.82) is 0 Å². The number of hydrogen-bond donors (Lipinski definition) is 2. The van der Waals surface area contributed by atoms with Crippen molar-refractivity contribution in [3.63, 3.8) is 0 Å². The molecule has 0 radical (unpaired) electrons. The van der Waals surface area contributed by atoms with E-state index in [1.54, 1.807) is 18.2 Å². The summed E-state index contributed by atoms with van der Waals surface area (Å²) in [6.07, 6.45) is 3.98. The van der Waals surface area contributed by atoms with Gasteiger partial charge in [0.15, 0.2) is 0 Å². The molecule has 2 aromatic rings. The van der Waals surface area contributed by atoms with Crippen molar-refractivity contribution in [2.24, 2.45) is 0 Å². The Balaban J connectivity index is 1.80. The van der Waals surface area contributed by atoms with Crippen molar-refractivity contribution in [3.05, 3.63) is 47.9 Å². The van der Waals surface area contributed by atoms with Gasteiger partial charge < -0.3 is 9.73 Å². The molecule has 3 rings (SSSR count). The highest BCUT2D eigenvalue weighted by atomic mass is 32.2. The predicted molar refractivity (Wildman–Crippen MR) is 71.4 cm³/mol. The number of rotatable bonds is 4. The SMILES string of the molecule is O=S(=O)(NCc1ccoc1)c1ccc2c(c1)NCC2. The van der Waals surface area contributed by atoms with Gasteiger partial charge in [0.25, 0.3) is 0 Å². The smallest absolute Gasteiger partial charge is 0.240 e. The summed E-state index contributed by atoms with van der Waals surface area (Å²) >= 11 is 0. The first-order valence-corrected chi connectivity index (χ1v) is 7.51. The second kappa shape index (κ2) is 4.71. The van der Waals surface area contributed by atoms with Crippen molar-refractivity contribution in [1.82, 2.24) is 4.72 Å². The standard InChI is InChI=1S/C13H14N2O3S/c16-19(17,15-8-10-4-6-18-9-10)12-2-1-11-3-5-14-13(11)7-12/h1-2,4,6-7,9,14-15H,3,5,8H2. The summed E-state index contributed by atoms with van der Waals surface area (Å²) in [6.45, 7) is 1.09. The summed E-state index contributed by atoms with van der Waals surface area (Å²) in [5.74, 6) is 0. The molecular formula is C13H14N2O3S. The van der Waals surface area contributed by atoms with Crippen LogP contribution in [0.25, 0.3) is 0 Å². The van der Waals surface area contributed by atoms with Crippen LogP contribution in [-0.2, 0) is 23.0 Å². The molecule has 0 unspecified atom stereocenters. The molecule has 19 heavy (non-hydrogen) atoms. The van der Waals surface area contributed by atoms with Gasteiger partial charge in [-0.25, -0.2) is 13.1 Å². The summed E-state index contributed by atoms with van der Waals surface area (Å²) in [6, 6.07) is 6.91. The number of hydrogen-bond acceptors (Lipinski definition) is 4. The van der Waals surface area contributed by atoms with E-state index in [1.807, 2.05) is 6.07 Å². The van der Waals surface area contributed by atoms with Crippen molar-refractivity contribution < 1.29 is 12.8 Å². The minimum Gasteiger partial charge on any atom is -0.472 e. The van der Waals surface area contributed by atoms with E-state index < -0.39 is 10.0 Å². The molecule has 0 saturated carbocycles. The molecule has 6 heteroatoms. The number of fused-ring (bicyclic) bond motifs is 1. The Morgan fingerprint density at radius 2 is 2.21 bits per heavy atom. The Labute approximate surface area is 111 Å². The van der Waals surface area contributed by atoms with Gasteiger partial charge in [0.05, 0.1) is 17.4 Å². The lowest BCUT2D eigenvalue weighted by atomic mass is 10.2. The Bertz CT molecular complexity index is 678. The molecule has 1 aromatic carbocycles. The first-order chi connectivity index (χ1) is 9.15. The van der Waals surface area contributed by atoms with Gasteiger partial charge in [-0.3, -0.25) is 0 Å². The van der Waals surface area contributed by atoms with E-state index in [0.29, 0.717) is 0 Å². The van der Waals surface area contributed by atoms with E-state index >= 15 is 0 Å². The number of furan rings is 1. The monoisotopic (exact) mass is 278 g/mol. The van der Waals surface area contributed by atoms with Gasteiger partial charge in [-0.15, -0.1) is 0 Å². The molecule has 0 saturated heterocycles. The molecule has 1 aliphatic rings. The van der Waals surface area contributed by atoms with Gasteiger partial charge in [0.2, 0.25) is 10.0 Å². The summed E-state index contributed by atoms with van der Waals surface area (Å²) in [5.41, 5.74) is 2.86. The van der Waals surface area contributed by atoms with Crippen LogP contribution in [0.3, 0.4) is 0 Å². The zero-order valence-corrected chi connectivity index (χ0v) is 11.0. The van der Waals surface area contributed by atoms with Crippen molar-refractivity contribution >= 4 is 15.7 Å². The highest BCUT2D eigenvalue weighted by Crippen LogP contribution is 2.25. The number of benzene rings is 1. The van der Waals surface area contributed by atoms with Gasteiger partial charge in [0.1, 0.15) is 0 Å². The first kappa shape index (κ1) is 12.3. The van der Waals surface area contributed by atoms with Crippen LogP contribution in [0.1, 0.15) is 11.1 Å². The Morgan fingerprint density at radius 3 is 3.00 bits per heavy atom. The second-order valence-electron chi connectivity index (χ2n) is 4.45. The third kappa shape index (κ3) is 2.50. The Morgan fingerprint density at radius 1 is 1.32 bits per heavy atom. The first-order valence-electron chi connectivity index (χ1n) is 6.03. The van der Waals surface area contributed by atoms with Crippen LogP contribution < -0.4 is 10.0 Å². The van der Waals surface area contributed by atoms with Gasteiger partial charge in [-0.05, 0) is 30.2 Å². The maximum atomic E-state index is 12.2. The average Bonchev–Trinajstić information content (AvgIpc) is 3.06. The van der Waals surface area contributed by atoms with E-state index in [4.69, 9.17) is 4.42 Å². The fraction of sp³-hybridized carbons (Fsp3) is 0.231. The minimum absolute atomic E-state index is 0.226. The topological polar surface area (TPSA) is 71.3 Å². The molecule has 1 aliphatic heterocycles. The van der Waals surface area contributed by atoms with E-state index in [0.717, 1.165) is 29.8 Å². The maximum absolute atomic E-state index is 12.2. The van der Waals surface area contributed by atoms with E-state index in [9.17, 15) is 8.42 Å². The van der Waals surface area contributed by atoms with Crippen LogP contribution in [0.2, 0.25) is 0 Å². The second-order valence-corrected chi connectivity index (χ2v) is 6.22. The molecule has 5 nitrogen and oxygen atoms in total.